The van der Waals surface area contributed by atoms with Gasteiger partial charge in [0.15, 0.2) is 0 Å². The molecule has 1 rings (SSSR count). The van der Waals surface area contributed by atoms with Crippen molar-refractivity contribution in [2.45, 2.75) is 45.1 Å². The van der Waals surface area contributed by atoms with Gasteiger partial charge in [0.25, 0.3) is 0 Å². The molecule has 76 valence electrons. The van der Waals surface area contributed by atoms with Gasteiger partial charge in [-0.2, -0.15) is 0 Å². The zero-order valence-corrected chi connectivity index (χ0v) is 8.94. The number of halogens is 1. The van der Waals surface area contributed by atoms with Crippen LogP contribution in [0.1, 0.15) is 39.0 Å². The largest absolute Gasteiger partial charge is 0.353 e. The molecule has 1 aliphatic rings. The minimum absolute atomic E-state index is 0.0920. The number of hydrogen-bond donors (Lipinski definition) is 1. The van der Waals surface area contributed by atoms with Gasteiger partial charge in [0.1, 0.15) is 0 Å². The first-order valence-corrected chi connectivity index (χ1v) is 5.63. The molecule has 1 atom stereocenters. The molecule has 0 radical (unpaired) electrons. The van der Waals surface area contributed by atoms with Gasteiger partial charge >= 0.3 is 0 Å². The lowest BCUT2D eigenvalue weighted by atomic mass is 10.00. The Morgan fingerprint density at radius 3 is 2.69 bits per heavy atom. The van der Waals surface area contributed by atoms with Gasteiger partial charge in [0.2, 0.25) is 5.91 Å². The molecule has 0 saturated heterocycles. The Balaban J connectivity index is 2.22. The van der Waals surface area contributed by atoms with Gasteiger partial charge in [-0.25, -0.2) is 0 Å². The molecule has 0 aromatic carbocycles. The molecule has 1 amide bonds. The van der Waals surface area contributed by atoms with Crippen molar-refractivity contribution in [2.24, 2.45) is 5.92 Å². The predicted octanol–water partition coefficient (Wildman–Crippen LogP) is 2.31. The Labute approximate surface area is 85.0 Å². The second-order valence-corrected chi connectivity index (χ2v) is 4.22. The number of alkyl halides is 1. The summed E-state index contributed by atoms with van der Waals surface area (Å²) in [5.74, 6) is 1.21. The fourth-order valence-electron chi connectivity index (χ4n) is 1.99. The van der Waals surface area contributed by atoms with Gasteiger partial charge in [-0.3, -0.25) is 4.79 Å². The quantitative estimate of drug-likeness (QED) is 0.699. The molecule has 0 bridgehead atoms. The van der Waals surface area contributed by atoms with Crippen molar-refractivity contribution in [1.29, 1.82) is 0 Å². The summed E-state index contributed by atoms with van der Waals surface area (Å²) in [6.45, 7) is 2.10. The van der Waals surface area contributed by atoms with E-state index in [-0.39, 0.29) is 5.91 Å². The third kappa shape index (κ3) is 3.55. The first-order valence-electron chi connectivity index (χ1n) is 5.09. The number of rotatable bonds is 4. The molecule has 0 aliphatic heterocycles. The fourth-order valence-corrected chi connectivity index (χ4v) is 2.16. The average Bonchev–Trinajstić information content (AvgIpc) is 2.55. The molecule has 0 aromatic heterocycles. The van der Waals surface area contributed by atoms with Crippen molar-refractivity contribution in [3.63, 3.8) is 0 Å². The molecule has 0 aromatic rings. The first kappa shape index (κ1) is 10.8. The zero-order valence-electron chi connectivity index (χ0n) is 8.18. The molecule has 2 nitrogen and oxygen atoms in total. The van der Waals surface area contributed by atoms with E-state index in [1.165, 1.54) is 25.7 Å². The maximum absolute atomic E-state index is 11.2. The van der Waals surface area contributed by atoms with E-state index in [1.807, 2.05) is 0 Å². The van der Waals surface area contributed by atoms with Crippen LogP contribution in [0, 0.1) is 5.92 Å². The standard InChI is InChI=1S/C10H18ClNO/c1-8(9-4-2-3-5-9)12-10(13)6-7-11/h8-9H,2-7H2,1H3,(H,12,13)/t8-/m0/s1. The van der Waals surface area contributed by atoms with Crippen LogP contribution in [0.2, 0.25) is 0 Å². The maximum atomic E-state index is 11.2. The van der Waals surface area contributed by atoms with E-state index in [0.717, 1.165) is 0 Å². The Kier molecular flexibility index (Phi) is 4.57. The molecule has 1 saturated carbocycles. The van der Waals surface area contributed by atoms with Gasteiger partial charge in [-0.1, -0.05) is 12.8 Å². The first-order chi connectivity index (χ1) is 6.24. The lowest BCUT2D eigenvalue weighted by Gasteiger charge is -2.19. The summed E-state index contributed by atoms with van der Waals surface area (Å²) in [4.78, 5) is 11.2. The van der Waals surface area contributed by atoms with Crippen LogP contribution >= 0.6 is 11.6 Å². The van der Waals surface area contributed by atoms with Crippen LogP contribution in [0.3, 0.4) is 0 Å². The topological polar surface area (TPSA) is 29.1 Å². The molecule has 1 fully saturated rings. The molecule has 13 heavy (non-hydrogen) atoms. The normalized spacial score (nSPS) is 20.2. The summed E-state index contributed by atoms with van der Waals surface area (Å²) in [6.07, 6.45) is 5.62. The lowest BCUT2D eigenvalue weighted by Crippen LogP contribution is -2.37. The molecule has 3 heteroatoms. The Bertz CT molecular complexity index is 166. The molecule has 1 N–H and O–H groups in total. The number of amides is 1. The highest BCUT2D eigenvalue weighted by Gasteiger charge is 2.22. The van der Waals surface area contributed by atoms with Crippen LogP contribution in [0.25, 0.3) is 0 Å². The Morgan fingerprint density at radius 1 is 1.54 bits per heavy atom. The van der Waals surface area contributed by atoms with Crippen LogP contribution in [0.5, 0.6) is 0 Å². The molecule has 0 heterocycles. The van der Waals surface area contributed by atoms with Crippen LogP contribution in [0.4, 0.5) is 0 Å². The van der Waals surface area contributed by atoms with Crippen molar-refractivity contribution >= 4 is 17.5 Å². The smallest absolute Gasteiger partial charge is 0.221 e. The van der Waals surface area contributed by atoms with E-state index in [9.17, 15) is 4.79 Å². The van der Waals surface area contributed by atoms with E-state index in [0.29, 0.717) is 24.3 Å². The maximum Gasteiger partial charge on any atom is 0.221 e. The van der Waals surface area contributed by atoms with E-state index in [2.05, 4.69) is 12.2 Å². The van der Waals surface area contributed by atoms with E-state index >= 15 is 0 Å². The summed E-state index contributed by atoms with van der Waals surface area (Å²) >= 11 is 5.48. The third-order valence-corrected chi connectivity index (χ3v) is 3.01. The SMILES string of the molecule is C[C@H](NC(=O)CCCl)C1CCCC1. The zero-order chi connectivity index (χ0) is 9.68. The highest BCUT2D eigenvalue weighted by molar-refractivity contribution is 6.18. The van der Waals surface area contributed by atoms with Crippen LogP contribution in [-0.2, 0) is 4.79 Å². The number of nitrogens with one attached hydrogen (secondary N) is 1. The minimum atomic E-state index is 0.0920. The molecule has 1 aliphatic carbocycles. The van der Waals surface area contributed by atoms with Gasteiger partial charge in [0.05, 0.1) is 0 Å². The number of carbonyl (C=O) groups excluding carboxylic acids is 1. The summed E-state index contributed by atoms with van der Waals surface area (Å²) < 4.78 is 0. The highest BCUT2D eigenvalue weighted by Crippen LogP contribution is 2.27. The van der Waals surface area contributed by atoms with Crippen molar-refractivity contribution < 1.29 is 4.79 Å². The van der Waals surface area contributed by atoms with Crippen molar-refractivity contribution in [3.05, 3.63) is 0 Å². The Morgan fingerprint density at radius 2 is 2.15 bits per heavy atom. The summed E-state index contributed by atoms with van der Waals surface area (Å²) in [5.41, 5.74) is 0. The molecular formula is C10H18ClNO. The monoisotopic (exact) mass is 203 g/mol. The van der Waals surface area contributed by atoms with Crippen molar-refractivity contribution in [1.82, 2.24) is 5.32 Å². The number of hydrogen-bond acceptors (Lipinski definition) is 1. The van der Waals surface area contributed by atoms with E-state index in [4.69, 9.17) is 11.6 Å². The van der Waals surface area contributed by atoms with E-state index in [1.54, 1.807) is 0 Å². The van der Waals surface area contributed by atoms with Gasteiger partial charge in [-0.15, -0.1) is 11.6 Å². The van der Waals surface area contributed by atoms with Crippen LogP contribution in [-0.4, -0.2) is 17.8 Å². The molecule has 0 spiro atoms. The van der Waals surface area contributed by atoms with Gasteiger partial charge in [0, 0.05) is 18.3 Å². The molecule has 0 unspecified atom stereocenters. The lowest BCUT2D eigenvalue weighted by molar-refractivity contribution is -0.121. The van der Waals surface area contributed by atoms with Crippen molar-refractivity contribution in [2.75, 3.05) is 5.88 Å². The minimum Gasteiger partial charge on any atom is -0.353 e. The highest BCUT2D eigenvalue weighted by atomic mass is 35.5. The summed E-state index contributed by atoms with van der Waals surface area (Å²) in [7, 11) is 0. The predicted molar refractivity (Wildman–Crippen MR) is 54.9 cm³/mol. The Hall–Kier alpha value is -0.240. The third-order valence-electron chi connectivity index (χ3n) is 2.82. The summed E-state index contributed by atoms with van der Waals surface area (Å²) in [5, 5.41) is 3.00. The van der Waals surface area contributed by atoms with Crippen LogP contribution in [0.15, 0.2) is 0 Å². The van der Waals surface area contributed by atoms with Crippen molar-refractivity contribution in [3.8, 4) is 0 Å². The van der Waals surface area contributed by atoms with E-state index < -0.39 is 0 Å². The second-order valence-electron chi connectivity index (χ2n) is 3.84. The summed E-state index contributed by atoms with van der Waals surface area (Å²) in [6, 6.07) is 0.332. The van der Waals surface area contributed by atoms with Crippen LogP contribution < -0.4 is 5.32 Å². The fraction of sp³-hybridized carbons (Fsp3) is 0.900. The van der Waals surface area contributed by atoms with Gasteiger partial charge in [-0.05, 0) is 25.7 Å². The second kappa shape index (κ2) is 5.48. The molecular weight excluding hydrogens is 186 g/mol. The van der Waals surface area contributed by atoms with Gasteiger partial charge < -0.3 is 5.32 Å². The number of carbonyl (C=O) groups is 1. The average molecular weight is 204 g/mol.